The summed E-state index contributed by atoms with van der Waals surface area (Å²) in [5, 5.41) is -0.342. The van der Waals surface area contributed by atoms with Crippen molar-refractivity contribution in [3.8, 4) is 5.75 Å². The molecule has 0 unspecified atom stereocenters. The molecule has 0 aliphatic rings. The Bertz CT molecular complexity index is 934. The average molecular weight is 401 g/mol. The number of ether oxygens (including phenoxy) is 1. The fourth-order valence-electron chi connectivity index (χ4n) is 2.02. The molecular formula is C17H18ClFN2O4S. The molecule has 0 aliphatic heterocycles. The highest BCUT2D eigenvalue weighted by atomic mass is 35.5. The lowest BCUT2D eigenvalue weighted by Gasteiger charge is -2.17. The van der Waals surface area contributed by atoms with E-state index in [2.05, 4.69) is 5.43 Å². The maximum absolute atomic E-state index is 13.1. The molecule has 26 heavy (non-hydrogen) atoms. The molecule has 6 nitrogen and oxygen atoms in total. The normalized spacial score (nSPS) is 12.5. The van der Waals surface area contributed by atoms with Gasteiger partial charge in [-0.3, -0.25) is 10.2 Å². The van der Waals surface area contributed by atoms with Gasteiger partial charge in [-0.15, -0.1) is 4.83 Å². The summed E-state index contributed by atoms with van der Waals surface area (Å²) >= 11 is 5.58. The smallest absolute Gasteiger partial charge is 0.275 e. The third kappa shape index (κ3) is 4.72. The summed E-state index contributed by atoms with van der Waals surface area (Å²) in [7, 11) is -4.10. The lowest BCUT2D eigenvalue weighted by Crippen LogP contribution is -2.47. The van der Waals surface area contributed by atoms with Gasteiger partial charge in [-0.25, -0.2) is 12.8 Å². The molecule has 0 radical (unpaired) electrons. The van der Waals surface area contributed by atoms with Gasteiger partial charge in [0.15, 0.2) is 6.10 Å². The van der Waals surface area contributed by atoms with Crippen molar-refractivity contribution in [3.63, 3.8) is 0 Å². The number of hydrogen-bond acceptors (Lipinski definition) is 4. The van der Waals surface area contributed by atoms with Crippen LogP contribution in [0.2, 0.25) is 5.02 Å². The van der Waals surface area contributed by atoms with E-state index >= 15 is 0 Å². The van der Waals surface area contributed by atoms with Crippen molar-refractivity contribution in [1.82, 2.24) is 10.3 Å². The molecule has 0 aromatic heterocycles. The van der Waals surface area contributed by atoms with Crippen LogP contribution < -0.4 is 15.0 Å². The van der Waals surface area contributed by atoms with Gasteiger partial charge in [0.25, 0.3) is 15.9 Å². The van der Waals surface area contributed by atoms with Crippen LogP contribution in [0.3, 0.4) is 0 Å². The number of amides is 1. The van der Waals surface area contributed by atoms with Crippen molar-refractivity contribution in [2.75, 3.05) is 0 Å². The minimum absolute atomic E-state index is 0.285. The second kappa shape index (κ2) is 8.03. The topological polar surface area (TPSA) is 84.5 Å². The van der Waals surface area contributed by atoms with Crippen LogP contribution in [0.5, 0.6) is 5.75 Å². The molecule has 1 atom stereocenters. The summed E-state index contributed by atoms with van der Waals surface area (Å²) in [6.07, 6.45) is -0.949. The number of benzene rings is 2. The van der Waals surface area contributed by atoms with Crippen molar-refractivity contribution in [2.24, 2.45) is 0 Å². The first kappa shape index (κ1) is 20.2. The fraction of sp³-hybridized carbons (Fsp3) is 0.235. The van der Waals surface area contributed by atoms with Crippen LogP contribution in [-0.4, -0.2) is 20.4 Å². The minimum atomic E-state index is -4.10. The van der Waals surface area contributed by atoms with Gasteiger partial charge >= 0.3 is 0 Å². The first-order valence-corrected chi connectivity index (χ1v) is 9.47. The van der Waals surface area contributed by atoms with Crippen molar-refractivity contribution < 1.29 is 22.3 Å². The Morgan fingerprint density at radius 3 is 2.58 bits per heavy atom. The molecule has 0 saturated heterocycles. The summed E-state index contributed by atoms with van der Waals surface area (Å²) in [5.74, 6) is -0.909. The molecular weight excluding hydrogens is 383 g/mol. The van der Waals surface area contributed by atoms with Crippen LogP contribution in [0.1, 0.15) is 18.1 Å². The van der Waals surface area contributed by atoms with Crippen LogP contribution in [-0.2, 0) is 14.8 Å². The molecule has 2 aromatic carbocycles. The van der Waals surface area contributed by atoms with Crippen LogP contribution in [0, 0.1) is 19.7 Å². The molecule has 0 heterocycles. The number of hydrogen-bond donors (Lipinski definition) is 2. The standard InChI is InChI=1S/C17H18ClFN2O4S/c1-10-5-4-6-16(11(10)2)25-12(3)17(22)20-21-26(23,24)13-7-8-15(19)14(18)9-13/h4-9,12,21H,1-3H3,(H,20,22)/t12-/m1/s1. The van der Waals surface area contributed by atoms with E-state index in [1.54, 1.807) is 12.1 Å². The number of rotatable bonds is 6. The second-order valence-corrected chi connectivity index (χ2v) is 7.72. The second-order valence-electron chi connectivity index (χ2n) is 5.63. The van der Waals surface area contributed by atoms with E-state index in [0.29, 0.717) is 5.75 Å². The molecule has 0 aliphatic carbocycles. The predicted octanol–water partition coefficient (Wildman–Crippen LogP) is 2.87. The summed E-state index contributed by atoms with van der Waals surface area (Å²) in [4.78, 5) is 13.7. The monoisotopic (exact) mass is 400 g/mol. The van der Waals surface area contributed by atoms with Crippen LogP contribution in [0.25, 0.3) is 0 Å². The number of sulfonamides is 1. The molecule has 9 heteroatoms. The lowest BCUT2D eigenvalue weighted by atomic mass is 10.1. The molecule has 0 fully saturated rings. The number of nitrogens with one attached hydrogen (secondary N) is 2. The van der Waals surface area contributed by atoms with Gasteiger partial charge in [0.05, 0.1) is 9.92 Å². The van der Waals surface area contributed by atoms with Crippen LogP contribution in [0.4, 0.5) is 4.39 Å². The van der Waals surface area contributed by atoms with Crippen molar-refractivity contribution in [3.05, 3.63) is 58.4 Å². The Labute approximate surface area is 156 Å². The van der Waals surface area contributed by atoms with E-state index in [1.807, 2.05) is 24.7 Å². The number of carbonyl (C=O) groups excluding carboxylic acids is 1. The predicted molar refractivity (Wildman–Crippen MR) is 95.9 cm³/mol. The Morgan fingerprint density at radius 2 is 1.92 bits per heavy atom. The van der Waals surface area contributed by atoms with E-state index in [-0.39, 0.29) is 9.92 Å². The maximum atomic E-state index is 13.1. The highest BCUT2D eigenvalue weighted by molar-refractivity contribution is 7.89. The molecule has 0 bridgehead atoms. The van der Waals surface area contributed by atoms with E-state index in [4.69, 9.17) is 16.3 Å². The molecule has 2 aromatic rings. The SMILES string of the molecule is Cc1cccc(O[C@H](C)C(=O)NNS(=O)(=O)c2ccc(F)c(Cl)c2)c1C. The Kier molecular flexibility index (Phi) is 6.22. The molecule has 140 valence electrons. The van der Waals surface area contributed by atoms with Gasteiger partial charge < -0.3 is 4.74 Å². The van der Waals surface area contributed by atoms with E-state index in [0.717, 1.165) is 29.3 Å². The van der Waals surface area contributed by atoms with Gasteiger partial charge in [-0.05, 0) is 56.2 Å². The third-order valence-electron chi connectivity index (χ3n) is 3.74. The van der Waals surface area contributed by atoms with Crippen LogP contribution in [0.15, 0.2) is 41.3 Å². The van der Waals surface area contributed by atoms with Crippen molar-refractivity contribution >= 4 is 27.5 Å². The van der Waals surface area contributed by atoms with Gasteiger partial charge in [0.1, 0.15) is 11.6 Å². The van der Waals surface area contributed by atoms with Gasteiger partial charge in [0, 0.05) is 0 Å². The molecule has 2 rings (SSSR count). The number of hydrazine groups is 1. The highest BCUT2D eigenvalue weighted by Crippen LogP contribution is 2.22. The lowest BCUT2D eigenvalue weighted by molar-refractivity contribution is -0.127. The summed E-state index contributed by atoms with van der Waals surface area (Å²) in [5.41, 5.74) is 3.96. The van der Waals surface area contributed by atoms with E-state index in [9.17, 15) is 17.6 Å². The summed E-state index contributed by atoms with van der Waals surface area (Å²) in [6.45, 7) is 5.26. The Hall–Kier alpha value is -2.16. The van der Waals surface area contributed by atoms with Gasteiger partial charge in [-0.2, -0.15) is 0 Å². The zero-order valence-corrected chi connectivity index (χ0v) is 15.9. The average Bonchev–Trinajstić information content (AvgIpc) is 2.59. The Balaban J connectivity index is 2.02. The van der Waals surface area contributed by atoms with Crippen molar-refractivity contribution in [1.29, 1.82) is 0 Å². The van der Waals surface area contributed by atoms with E-state index < -0.39 is 27.9 Å². The first-order valence-electron chi connectivity index (χ1n) is 7.61. The van der Waals surface area contributed by atoms with Crippen LogP contribution >= 0.6 is 11.6 Å². The molecule has 0 spiro atoms. The maximum Gasteiger partial charge on any atom is 0.275 e. The molecule has 1 amide bonds. The number of halogens is 2. The highest BCUT2D eigenvalue weighted by Gasteiger charge is 2.20. The number of carbonyl (C=O) groups is 1. The zero-order valence-electron chi connectivity index (χ0n) is 14.3. The van der Waals surface area contributed by atoms with Gasteiger partial charge in [0.2, 0.25) is 0 Å². The van der Waals surface area contributed by atoms with Gasteiger partial charge in [-0.1, -0.05) is 23.7 Å². The summed E-state index contributed by atoms with van der Waals surface area (Å²) < 4.78 is 43.0. The molecule has 0 saturated carbocycles. The van der Waals surface area contributed by atoms with Crippen molar-refractivity contribution in [2.45, 2.75) is 31.8 Å². The fourth-order valence-corrected chi connectivity index (χ4v) is 3.14. The largest absolute Gasteiger partial charge is 0.481 e. The Morgan fingerprint density at radius 1 is 1.23 bits per heavy atom. The first-order chi connectivity index (χ1) is 12.1. The van der Waals surface area contributed by atoms with E-state index in [1.165, 1.54) is 6.92 Å². The minimum Gasteiger partial charge on any atom is -0.481 e. The third-order valence-corrected chi connectivity index (χ3v) is 5.27. The molecule has 2 N–H and O–H groups in total. The quantitative estimate of drug-likeness (QED) is 0.730. The summed E-state index contributed by atoms with van der Waals surface area (Å²) in [6, 6.07) is 8.33. The zero-order chi connectivity index (χ0) is 19.5. The number of aryl methyl sites for hydroxylation is 1.